The van der Waals surface area contributed by atoms with Crippen LogP contribution in [-0.2, 0) is 6.42 Å². The van der Waals surface area contributed by atoms with Crippen molar-refractivity contribution in [2.45, 2.75) is 27.2 Å². The van der Waals surface area contributed by atoms with Crippen molar-refractivity contribution in [2.24, 2.45) is 5.73 Å². The number of nitrogens with two attached hydrogens (primary N) is 1. The first-order chi connectivity index (χ1) is 9.10. The molecular formula is C17H21NO. The average Bonchev–Trinajstić information content (AvgIpc) is 2.36. The number of hydrogen-bond acceptors (Lipinski definition) is 2. The lowest BCUT2D eigenvalue weighted by Crippen LogP contribution is -2.04. The Labute approximate surface area is 115 Å². The van der Waals surface area contributed by atoms with E-state index in [4.69, 9.17) is 10.5 Å². The Morgan fingerprint density at radius 2 is 1.74 bits per heavy atom. The molecule has 2 aromatic carbocycles. The zero-order chi connectivity index (χ0) is 13.8. The molecule has 0 saturated heterocycles. The molecule has 2 rings (SSSR count). The highest BCUT2D eigenvalue weighted by Gasteiger charge is 2.04. The van der Waals surface area contributed by atoms with Crippen molar-refractivity contribution in [1.29, 1.82) is 0 Å². The van der Waals surface area contributed by atoms with Gasteiger partial charge in [0.2, 0.25) is 0 Å². The van der Waals surface area contributed by atoms with Crippen LogP contribution in [0.25, 0.3) is 0 Å². The van der Waals surface area contributed by atoms with Gasteiger partial charge in [-0.1, -0.05) is 23.8 Å². The molecule has 0 aromatic heterocycles. The molecule has 0 heterocycles. The molecule has 0 aliphatic rings. The molecule has 0 amide bonds. The van der Waals surface area contributed by atoms with Gasteiger partial charge in [0.1, 0.15) is 11.5 Å². The molecular weight excluding hydrogens is 234 g/mol. The quantitative estimate of drug-likeness (QED) is 0.899. The minimum Gasteiger partial charge on any atom is -0.457 e. The number of ether oxygens (including phenoxy) is 1. The summed E-state index contributed by atoms with van der Waals surface area (Å²) in [5, 5.41) is 0. The summed E-state index contributed by atoms with van der Waals surface area (Å²) in [6.45, 7) is 6.93. The van der Waals surface area contributed by atoms with Crippen LogP contribution in [0.2, 0.25) is 0 Å². The van der Waals surface area contributed by atoms with Gasteiger partial charge in [0.05, 0.1) is 0 Å². The van der Waals surface area contributed by atoms with Gasteiger partial charge < -0.3 is 10.5 Å². The lowest BCUT2D eigenvalue weighted by atomic mass is 10.1. The van der Waals surface area contributed by atoms with Crippen molar-refractivity contribution in [3.05, 3.63) is 58.7 Å². The van der Waals surface area contributed by atoms with Gasteiger partial charge in [0.25, 0.3) is 0 Å². The maximum absolute atomic E-state index is 5.95. The number of benzene rings is 2. The molecule has 0 aliphatic heterocycles. The first-order valence-electron chi connectivity index (χ1n) is 6.65. The predicted molar refractivity (Wildman–Crippen MR) is 79.9 cm³/mol. The lowest BCUT2D eigenvalue weighted by Gasteiger charge is -2.11. The molecule has 0 fully saturated rings. The second-order valence-electron chi connectivity index (χ2n) is 5.00. The Morgan fingerprint density at radius 1 is 0.947 bits per heavy atom. The van der Waals surface area contributed by atoms with Gasteiger partial charge >= 0.3 is 0 Å². The molecule has 0 atom stereocenters. The van der Waals surface area contributed by atoms with Crippen molar-refractivity contribution in [1.82, 2.24) is 0 Å². The Kier molecular flexibility index (Phi) is 4.23. The molecule has 0 spiro atoms. The van der Waals surface area contributed by atoms with Gasteiger partial charge in [0.15, 0.2) is 0 Å². The topological polar surface area (TPSA) is 35.2 Å². The molecule has 0 bridgehead atoms. The first kappa shape index (κ1) is 13.6. The highest BCUT2D eigenvalue weighted by molar-refractivity contribution is 5.41. The molecule has 0 radical (unpaired) electrons. The third-order valence-electron chi connectivity index (χ3n) is 3.29. The van der Waals surface area contributed by atoms with E-state index in [0.29, 0.717) is 6.54 Å². The molecule has 2 nitrogen and oxygen atoms in total. The van der Waals surface area contributed by atoms with E-state index in [1.54, 1.807) is 0 Å². The molecule has 0 saturated carbocycles. The van der Waals surface area contributed by atoms with E-state index in [1.807, 2.05) is 12.1 Å². The second kappa shape index (κ2) is 5.89. The second-order valence-corrected chi connectivity index (χ2v) is 5.00. The van der Waals surface area contributed by atoms with E-state index >= 15 is 0 Å². The maximum atomic E-state index is 5.95. The van der Waals surface area contributed by atoms with E-state index < -0.39 is 0 Å². The minimum absolute atomic E-state index is 0.679. The highest BCUT2D eigenvalue weighted by Crippen LogP contribution is 2.27. The van der Waals surface area contributed by atoms with Crippen LogP contribution in [0.3, 0.4) is 0 Å². The van der Waals surface area contributed by atoms with Crippen LogP contribution in [-0.4, -0.2) is 6.54 Å². The van der Waals surface area contributed by atoms with Crippen molar-refractivity contribution in [3.63, 3.8) is 0 Å². The molecule has 2 N–H and O–H groups in total. The van der Waals surface area contributed by atoms with E-state index in [0.717, 1.165) is 23.5 Å². The van der Waals surface area contributed by atoms with Gasteiger partial charge in [-0.3, -0.25) is 0 Å². The summed E-state index contributed by atoms with van der Waals surface area (Å²) >= 11 is 0. The Bertz CT molecular complexity index is 575. The largest absolute Gasteiger partial charge is 0.457 e. The van der Waals surface area contributed by atoms with E-state index in [-0.39, 0.29) is 0 Å². The monoisotopic (exact) mass is 255 g/mol. The van der Waals surface area contributed by atoms with Crippen LogP contribution in [0.4, 0.5) is 0 Å². The zero-order valence-corrected chi connectivity index (χ0v) is 11.9. The Balaban J connectivity index is 2.21. The van der Waals surface area contributed by atoms with Crippen LogP contribution in [0, 0.1) is 20.8 Å². The molecule has 0 unspecified atom stereocenters. The summed E-state index contributed by atoms with van der Waals surface area (Å²) in [6.07, 6.45) is 0.912. The highest BCUT2D eigenvalue weighted by atomic mass is 16.5. The van der Waals surface area contributed by atoms with Crippen LogP contribution < -0.4 is 10.5 Å². The van der Waals surface area contributed by atoms with E-state index in [9.17, 15) is 0 Å². The molecule has 19 heavy (non-hydrogen) atoms. The lowest BCUT2D eigenvalue weighted by molar-refractivity contribution is 0.478. The van der Waals surface area contributed by atoms with Gasteiger partial charge in [-0.15, -0.1) is 0 Å². The first-order valence-corrected chi connectivity index (χ1v) is 6.65. The van der Waals surface area contributed by atoms with Crippen molar-refractivity contribution in [2.75, 3.05) is 6.54 Å². The standard InChI is InChI=1S/C17H21NO/c1-12-4-7-17(14(3)10-12)19-16-6-5-15(8-9-18)13(2)11-16/h4-7,10-11H,8-9,18H2,1-3H3. The van der Waals surface area contributed by atoms with Crippen molar-refractivity contribution < 1.29 is 4.74 Å². The van der Waals surface area contributed by atoms with E-state index in [2.05, 4.69) is 45.0 Å². The van der Waals surface area contributed by atoms with Gasteiger partial charge in [-0.2, -0.15) is 0 Å². The summed E-state index contributed by atoms with van der Waals surface area (Å²) in [4.78, 5) is 0. The van der Waals surface area contributed by atoms with Gasteiger partial charge in [0, 0.05) is 0 Å². The number of rotatable bonds is 4. The van der Waals surface area contributed by atoms with E-state index in [1.165, 1.54) is 16.7 Å². The fraction of sp³-hybridized carbons (Fsp3) is 0.294. The normalized spacial score (nSPS) is 10.5. The van der Waals surface area contributed by atoms with Crippen LogP contribution >= 0.6 is 0 Å². The smallest absolute Gasteiger partial charge is 0.130 e. The third-order valence-corrected chi connectivity index (χ3v) is 3.29. The molecule has 0 aliphatic carbocycles. The van der Waals surface area contributed by atoms with Gasteiger partial charge in [-0.25, -0.2) is 0 Å². The van der Waals surface area contributed by atoms with Crippen LogP contribution in [0.15, 0.2) is 36.4 Å². The summed E-state index contributed by atoms with van der Waals surface area (Å²) < 4.78 is 5.95. The number of aryl methyl sites for hydroxylation is 3. The van der Waals surface area contributed by atoms with Gasteiger partial charge in [-0.05, 0) is 68.6 Å². The van der Waals surface area contributed by atoms with Crippen molar-refractivity contribution in [3.8, 4) is 11.5 Å². The molecule has 2 heteroatoms. The third kappa shape index (κ3) is 3.36. The predicted octanol–water partition coefficient (Wildman–Crippen LogP) is 3.91. The maximum Gasteiger partial charge on any atom is 0.130 e. The average molecular weight is 255 g/mol. The Morgan fingerprint density at radius 3 is 2.37 bits per heavy atom. The Hall–Kier alpha value is -1.80. The number of hydrogen-bond donors (Lipinski definition) is 1. The summed E-state index contributed by atoms with van der Waals surface area (Å²) in [7, 11) is 0. The SMILES string of the molecule is Cc1ccc(Oc2ccc(CCN)c(C)c2)c(C)c1. The fourth-order valence-electron chi connectivity index (χ4n) is 2.21. The summed E-state index contributed by atoms with van der Waals surface area (Å²) in [5.74, 6) is 1.79. The summed E-state index contributed by atoms with van der Waals surface area (Å²) in [5.41, 5.74) is 10.5. The fourth-order valence-corrected chi connectivity index (χ4v) is 2.21. The van der Waals surface area contributed by atoms with Crippen LogP contribution in [0.5, 0.6) is 11.5 Å². The van der Waals surface area contributed by atoms with Crippen LogP contribution in [0.1, 0.15) is 22.3 Å². The summed E-state index contributed by atoms with van der Waals surface area (Å²) in [6, 6.07) is 12.4. The molecule has 2 aromatic rings. The zero-order valence-electron chi connectivity index (χ0n) is 11.9. The molecule has 100 valence electrons. The van der Waals surface area contributed by atoms with Crippen molar-refractivity contribution >= 4 is 0 Å². The minimum atomic E-state index is 0.679.